The first-order valence-corrected chi connectivity index (χ1v) is 6.19. The van der Waals surface area contributed by atoms with Crippen LogP contribution in [-0.4, -0.2) is 20.3 Å². The highest BCUT2D eigenvalue weighted by molar-refractivity contribution is 9.10. The fourth-order valence-corrected chi connectivity index (χ4v) is 2.80. The van der Waals surface area contributed by atoms with Gasteiger partial charge in [0.15, 0.2) is 0 Å². The van der Waals surface area contributed by atoms with E-state index in [1.165, 1.54) is 0 Å². The van der Waals surface area contributed by atoms with Crippen LogP contribution in [0.1, 0.15) is 25.8 Å². The molecule has 1 aliphatic rings. The molecule has 1 heterocycles. The van der Waals surface area contributed by atoms with Gasteiger partial charge in [-0.15, -0.1) is 0 Å². The van der Waals surface area contributed by atoms with Crippen LogP contribution in [0.3, 0.4) is 0 Å². The Hall–Kier alpha value is -0.870. The fraction of sp³-hybridized carbons (Fsp3) is 0.417. The van der Waals surface area contributed by atoms with Crippen molar-refractivity contribution in [2.45, 2.75) is 31.4 Å². The number of fused-ring (bicyclic) bond motifs is 1. The molecule has 0 saturated heterocycles. The van der Waals surface area contributed by atoms with Gasteiger partial charge in [-0.3, -0.25) is 0 Å². The summed E-state index contributed by atoms with van der Waals surface area (Å²) >= 11 is 3.44. The van der Waals surface area contributed by atoms with Gasteiger partial charge in [0.1, 0.15) is 0 Å². The Morgan fingerprint density at radius 1 is 1.50 bits per heavy atom. The highest BCUT2D eigenvalue weighted by atomic mass is 79.9. The van der Waals surface area contributed by atoms with Crippen LogP contribution < -0.4 is 0 Å². The van der Waals surface area contributed by atoms with Crippen molar-refractivity contribution in [3.05, 3.63) is 29.0 Å². The summed E-state index contributed by atoms with van der Waals surface area (Å²) in [5, 5.41) is 9.76. The summed E-state index contributed by atoms with van der Waals surface area (Å²) in [5.41, 5.74) is 1.65. The van der Waals surface area contributed by atoms with Crippen LogP contribution in [0.4, 0.5) is 0 Å². The topological polar surface area (TPSA) is 38.0 Å². The summed E-state index contributed by atoms with van der Waals surface area (Å²) < 4.78 is 3.21. The predicted octanol–water partition coefficient (Wildman–Crippen LogP) is 2.88. The third-order valence-electron chi connectivity index (χ3n) is 3.28. The lowest BCUT2D eigenvalue weighted by molar-refractivity contribution is -0.0498. The molecule has 2 aromatic rings. The summed E-state index contributed by atoms with van der Waals surface area (Å²) in [6.07, 6.45) is 3.50. The number of aliphatic hydroxyl groups is 1. The van der Waals surface area contributed by atoms with Crippen LogP contribution in [0.25, 0.3) is 11.0 Å². The molecule has 0 atom stereocenters. The van der Waals surface area contributed by atoms with E-state index in [1.54, 1.807) is 0 Å². The molecule has 0 aliphatic heterocycles. The molecule has 1 aromatic heterocycles. The Balaban J connectivity index is 2.00. The zero-order chi connectivity index (χ0) is 11.3. The summed E-state index contributed by atoms with van der Waals surface area (Å²) in [5.74, 6) is 0. The number of nitrogens with zero attached hydrogens (tertiary/aromatic N) is 2. The molecule has 1 N–H and O–H groups in total. The van der Waals surface area contributed by atoms with Crippen LogP contribution in [0, 0.1) is 0 Å². The van der Waals surface area contributed by atoms with Crippen molar-refractivity contribution < 1.29 is 5.11 Å². The quantitative estimate of drug-likeness (QED) is 0.872. The minimum absolute atomic E-state index is 0.390. The van der Waals surface area contributed by atoms with E-state index in [-0.39, 0.29) is 0 Å². The average Bonchev–Trinajstić information content (AvgIpc) is 2.56. The third kappa shape index (κ3) is 1.57. The first-order valence-electron chi connectivity index (χ1n) is 5.40. The van der Waals surface area contributed by atoms with Gasteiger partial charge >= 0.3 is 0 Å². The average molecular weight is 281 g/mol. The number of aromatic nitrogens is 2. The Morgan fingerprint density at radius 3 is 2.94 bits per heavy atom. The van der Waals surface area contributed by atoms with Crippen molar-refractivity contribution in [3.63, 3.8) is 0 Å². The van der Waals surface area contributed by atoms with Crippen LogP contribution in [0.5, 0.6) is 0 Å². The monoisotopic (exact) mass is 280 g/mol. The zero-order valence-corrected chi connectivity index (χ0v) is 10.6. The molecule has 3 nitrogen and oxygen atoms in total. The lowest BCUT2D eigenvalue weighted by atomic mass is 9.77. The molecule has 3 rings (SSSR count). The largest absolute Gasteiger partial charge is 0.390 e. The van der Waals surface area contributed by atoms with Gasteiger partial charge in [0.2, 0.25) is 0 Å². The molecule has 1 fully saturated rings. The van der Waals surface area contributed by atoms with Crippen molar-refractivity contribution in [1.82, 2.24) is 9.55 Å². The second-order valence-electron chi connectivity index (χ2n) is 4.84. The number of rotatable bonds is 1. The summed E-state index contributed by atoms with van der Waals surface area (Å²) in [4.78, 5) is 4.38. The Bertz CT molecular complexity index is 539. The summed E-state index contributed by atoms with van der Waals surface area (Å²) in [6.45, 7) is 1.89. The molecule has 16 heavy (non-hydrogen) atoms. The predicted molar refractivity (Wildman–Crippen MR) is 66.3 cm³/mol. The second-order valence-corrected chi connectivity index (χ2v) is 5.76. The minimum Gasteiger partial charge on any atom is -0.390 e. The normalized spacial score (nSPS) is 29.3. The maximum atomic E-state index is 9.76. The van der Waals surface area contributed by atoms with E-state index in [9.17, 15) is 5.11 Å². The van der Waals surface area contributed by atoms with Gasteiger partial charge in [-0.25, -0.2) is 4.98 Å². The van der Waals surface area contributed by atoms with Crippen molar-refractivity contribution in [3.8, 4) is 0 Å². The molecule has 84 valence electrons. The van der Waals surface area contributed by atoms with E-state index < -0.39 is 5.60 Å². The SMILES string of the molecule is CC1(O)CC(n2cnc3cc(Br)ccc32)C1. The van der Waals surface area contributed by atoms with Crippen molar-refractivity contribution in [1.29, 1.82) is 0 Å². The molecule has 0 bridgehead atoms. The standard InChI is InChI=1S/C12H13BrN2O/c1-12(16)5-9(6-12)15-7-14-10-4-8(13)2-3-11(10)15/h2-4,7,9,16H,5-6H2,1H3. The molecule has 4 heteroatoms. The number of imidazole rings is 1. The van der Waals surface area contributed by atoms with E-state index in [1.807, 2.05) is 25.4 Å². The number of benzene rings is 1. The summed E-state index contributed by atoms with van der Waals surface area (Å²) in [6, 6.07) is 6.50. The van der Waals surface area contributed by atoms with E-state index in [4.69, 9.17) is 0 Å². The van der Waals surface area contributed by atoms with Crippen LogP contribution in [0.2, 0.25) is 0 Å². The summed E-state index contributed by atoms with van der Waals surface area (Å²) in [7, 11) is 0. The molecule has 0 radical (unpaired) electrons. The van der Waals surface area contributed by atoms with Gasteiger partial charge in [0, 0.05) is 10.5 Å². The van der Waals surface area contributed by atoms with Gasteiger partial charge < -0.3 is 9.67 Å². The van der Waals surface area contributed by atoms with Crippen molar-refractivity contribution >= 4 is 27.0 Å². The molecular weight excluding hydrogens is 268 g/mol. The number of hydrogen-bond donors (Lipinski definition) is 1. The highest BCUT2D eigenvalue weighted by Gasteiger charge is 2.39. The highest BCUT2D eigenvalue weighted by Crippen LogP contribution is 2.42. The Kier molecular flexibility index (Phi) is 2.13. The molecule has 0 amide bonds. The second kappa shape index (κ2) is 3.31. The van der Waals surface area contributed by atoms with Gasteiger partial charge in [-0.1, -0.05) is 15.9 Å². The van der Waals surface area contributed by atoms with Crippen molar-refractivity contribution in [2.75, 3.05) is 0 Å². The van der Waals surface area contributed by atoms with Crippen LogP contribution >= 0.6 is 15.9 Å². The molecule has 1 aliphatic carbocycles. The van der Waals surface area contributed by atoms with Gasteiger partial charge in [-0.2, -0.15) is 0 Å². The maximum Gasteiger partial charge on any atom is 0.0960 e. The molecule has 1 aromatic carbocycles. The first kappa shape index (κ1) is 10.3. The van der Waals surface area contributed by atoms with E-state index in [0.717, 1.165) is 28.3 Å². The lowest BCUT2D eigenvalue weighted by Crippen LogP contribution is -2.41. The van der Waals surface area contributed by atoms with E-state index in [0.29, 0.717) is 6.04 Å². The van der Waals surface area contributed by atoms with Gasteiger partial charge in [0.05, 0.1) is 23.0 Å². The van der Waals surface area contributed by atoms with Crippen LogP contribution in [-0.2, 0) is 0 Å². The van der Waals surface area contributed by atoms with E-state index >= 15 is 0 Å². The molecule has 0 unspecified atom stereocenters. The Morgan fingerprint density at radius 2 is 2.25 bits per heavy atom. The Labute approximate surface area is 102 Å². The number of hydrogen-bond acceptors (Lipinski definition) is 2. The van der Waals surface area contributed by atoms with E-state index in [2.05, 4.69) is 31.5 Å². The smallest absolute Gasteiger partial charge is 0.0960 e. The third-order valence-corrected chi connectivity index (χ3v) is 3.77. The first-order chi connectivity index (χ1) is 7.55. The van der Waals surface area contributed by atoms with Gasteiger partial charge in [-0.05, 0) is 38.0 Å². The molecule has 1 saturated carbocycles. The fourth-order valence-electron chi connectivity index (χ4n) is 2.45. The molecular formula is C12H13BrN2O. The molecule has 0 spiro atoms. The number of halogens is 1. The minimum atomic E-state index is -0.489. The maximum absolute atomic E-state index is 9.76. The van der Waals surface area contributed by atoms with Crippen molar-refractivity contribution in [2.24, 2.45) is 0 Å². The lowest BCUT2D eigenvalue weighted by Gasteiger charge is -2.41. The zero-order valence-electron chi connectivity index (χ0n) is 9.02. The van der Waals surface area contributed by atoms with Gasteiger partial charge in [0.25, 0.3) is 0 Å². The van der Waals surface area contributed by atoms with Crippen LogP contribution in [0.15, 0.2) is 29.0 Å².